The molecule has 1 aliphatic rings. The molecule has 3 aromatic rings. The van der Waals surface area contributed by atoms with Crippen molar-refractivity contribution in [1.82, 2.24) is 0 Å². The maximum atomic E-state index is 12.1. The van der Waals surface area contributed by atoms with Gasteiger partial charge < -0.3 is 19.1 Å². The van der Waals surface area contributed by atoms with Crippen molar-refractivity contribution in [3.05, 3.63) is 89.5 Å². The molecule has 0 amide bonds. The summed E-state index contributed by atoms with van der Waals surface area (Å²) < 4.78 is 16.6. The van der Waals surface area contributed by atoms with Crippen LogP contribution in [-0.2, 0) is 9.53 Å². The highest BCUT2D eigenvalue weighted by Crippen LogP contribution is 2.41. The van der Waals surface area contributed by atoms with Gasteiger partial charge in [-0.1, -0.05) is 48.5 Å². The maximum Gasteiger partial charge on any atom is 0.307 e. The number of carbonyl (C=O) groups is 1. The lowest BCUT2D eigenvalue weighted by Crippen LogP contribution is -2.31. The van der Waals surface area contributed by atoms with Gasteiger partial charge in [-0.05, 0) is 49.6 Å². The summed E-state index contributed by atoms with van der Waals surface area (Å²) in [6, 6.07) is 25.1. The fourth-order valence-electron chi connectivity index (χ4n) is 4.99. The number of carbonyl (C=O) groups excluding carboxylic acids is 1. The fourth-order valence-corrected chi connectivity index (χ4v) is 4.99. The Morgan fingerprint density at radius 3 is 2.06 bits per heavy atom. The summed E-state index contributed by atoms with van der Waals surface area (Å²) in [5.41, 5.74) is 4.46. The highest BCUT2D eigenvalue weighted by atomic mass is 16.5. The van der Waals surface area contributed by atoms with Crippen LogP contribution in [0, 0.1) is 0 Å². The quantitative estimate of drug-likeness (QED) is 0.299. The Hall–Kier alpha value is -3.47. The van der Waals surface area contributed by atoms with Crippen molar-refractivity contribution in [3.8, 4) is 11.5 Å². The van der Waals surface area contributed by atoms with Gasteiger partial charge in [-0.3, -0.25) is 4.79 Å². The molecule has 0 saturated carbocycles. The van der Waals surface area contributed by atoms with E-state index in [1.54, 1.807) is 14.2 Å². The predicted octanol–water partition coefficient (Wildman–Crippen LogP) is 5.81. The van der Waals surface area contributed by atoms with Crippen LogP contribution >= 0.6 is 0 Å². The SMILES string of the molecule is CCOC(=O)CC1CCCN1c1ccc(C(c2ccccc2OC)c2ccccc2OC)cc1. The highest BCUT2D eigenvalue weighted by molar-refractivity contribution is 5.71. The van der Waals surface area contributed by atoms with Crippen LogP contribution in [0.15, 0.2) is 72.8 Å². The molecule has 5 nitrogen and oxygen atoms in total. The standard InChI is InChI=1S/C29H33NO4/c1-4-34-28(31)20-23-10-9-19-30(23)22-17-15-21(16-18-22)29(24-11-5-7-13-26(24)32-2)25-12-6-8-14-27(25)33-3/h5-8,11-18,23,29H,4,9-10,19-20H2,1-3H3. The van der Waals surface area contributed by atoms with Crippen LogP contribution in [-0.4, -0.2) is 39.4 Å². The Kier molecular flexibility index (Phi) is 7.73. The molecule has 178 valence electrons. The molecule has 0 spiro atoms. The molecule has 0 radical (unpaired) electrons. The number of methoxy groups -OCH3 is 2. The lowest BCUT2D eigenvalue weighted by atomic mass is 9.84. The Morgan fingerprint density at radius 1 is 0.912 bits per heavy atom. The molecule has 5 heteroatoms. The third-order valence-corrected chi connectivity index (χ3v) is 6.54. The van der Waals surface area contributed by atoms with Gasteiger partial charge in [-0.15, -0.1) is 0 Å². The summed E-state index contributed by atoms with van der Waals surface area (Å²) in [7, 11) is 3.41. The topological polar surface area (TPSA) is 48.0 Å². The van der Waals surface area contributed by atoms with Gasteiger partial charge in [0.15, 0.2) is 0 Å². The second-order valence-electron chi connectivity index (χ2n) is 8.51. The number of hydrogen-bond acceptors (Lipinski definition) is 5. The molecule has 0 aliphatic carbocycles. The predicted molar refractivity (Wildman–Crippen MR) is 135 cm³/mol. The van der Waals surface area contributed by atoms with Crippen molar-refractivity contribution in [1.29, 1.82) is 0 Å². The van der Waals surface area contributed by atoms with E-state index in [2.05, 4.69) is 41.3 Å². The summed E-state index contributed by atoms with van der Waals surface area (Å²) in [5.74, 6) is 1.52. The molecule has 1 saturated heterocycles. The molecular formula is C29H33NO4. The minimum absolute atomic E-state index is 0.0461. The van der Waals surface area contributed by atoms with Gasteiger partial charge in [0.2, 0.25) is 0 Å². The third kappa shape index (κ3) is 5.04. The van der Waals surface area contributed by atoms with Crippen molar-refractivity contribution in [3.63, 3.8) is 0 Å². The van der Waals surface area contributed by atoms with Crippen molar-refractivity contribution < 1.29 is 19.0 Å². The largest absolute Gasteiger partial charge is 0.496 e. The van der Waals surface area contributed by atoms with Gasteiger partial charge in [0, 0.05) is 35.3 Å². The average molecular weight is 460 g/mol. The fraction of sp³-hybridized carbons (Fsp3) is 0.345. The van der Waals surface area contributed by atoms with Crippen molar-refractivity contribution >= 4 is 11.7 Å². The molecule has 4 rings (SSSR count). The van der Waals surface area contributed by atoms with E-state index in [0.717, 1.165) is 53.3 Å². The number of hydrogen-bond donors (Lipinski definition) is 0. The van der Waals surface area contributed by atoms with E-state index >= 15 is 0 Å². The van der Waals surface area contributed by atoms with E-state index in [1.807, 2.05) is 43.3 Å². The summed E-state index contributed by atoms with van der Waals surface area (Å²) in [6.07, 6.45) is 2.52. The normalized spacial score (nSPS) is 15.4. The van der Waals surface area contributed by atoms with E-state index < -0.39 is 0 Å². The van der Waals surface area contributed by atoms with Crippen LogP contribution in [0.25, 0.3) is 0 Å². The lowest BCUT2D eigenvalue weighted by molar-refractivity contribution is -0.143. The van der Waals surface area contributed by atoms with Crippen LogP contribution in [0.1, 0.15) is 48.8 Å². The van der Waals surface area contributed by atoms with Crippen LogP contribution in [0.4, 0.5) is 5.69 Å². The second-order valence-corrected chi connectivity index (χ2v) is 8.51. The first kappa shape index (κ1) is 23.7. The number of anilines is 1. The molecule has 1 aliphatic heterocycles. The number of nitrogens with zero attached hydrogens (tertiary/aromatic N) is 1. The van der Waals surface area contributed by atoms with Crippen molar-refractivity contribution in [2.24, 2.45) is 0 Å². The van der Waals surface area contributed by atoms with Gasteiger partial charge in [-0.2, -0.15) is 0 Å². The molecule has 1 unspecified atom stereocenters. The van der Waals surface area contributed by atoms with E-state index in [0.29, 0.717) is 13.0 Å². The summed E-state index contributed by atoms with van der Waals surface area (Å²) >= 11 is 0. The van der Waals surface area contributed by atoms with Gasteiger partial charge in [0.05, 0.1) is 27.2 Å². The first-order valence-electron chi connectivity index (χ1n) is 11.9. The number of para-hydroxylation sites is 2. The zero-order valence-corrected chi connectivity index (χ0v) is 20.2. The number of esters is 1. The second kappa shape index (κ2) is 11.1. The van der Waals surface area contributed by atoms with E-state index in [4.69, 9.17) is 14.2 Å². The van der Waals surface area contributed by atoms with Crippen LogP contribution in [0.5, 0.6) is 11.5 Å². The van der Waals surface area contributed by atoms with Crippen LogP contribution in [0.2, 0.25) is 0 Å². The minimum atomic E-state index is -0.122. The zero-order chi connectivity index (χ0) is 23.9. The molecular weight excluding hydrogens is 426 g/mol. The minimum Gasteiger partial charge on any atom is -0.496 e. The van der Waals surface area contributed by atoms with E-state index in [9.17, 15) is 4.79 Å². The Balaban J connectivity index is 1.69. The monoisotopic (exact) mass is 459 g/mol. The molecule has 0 N–H and O–H groups in total. The van der Waals surface area contributed by atoms with Gasteiger partial charge in [0.25, 0.3) is 0 Å². The number of rotatable bonds is 9. The lowest BCUT2D eigenvalue weighted by Gasteiger charge is -2.27. The molecule has 0 aromatic heterocycles. The first-order valence-corrected chi connectivity index (χ1v) is 11.9. The Labute approximate surface area is 202 Å². The molecule has 3 aromatic carbocycles. The average Bonchev–Trinajstić information content (AvgIpc) is 3.33. The van der Waals surface area contributed by atoms with E-state index in [-0.39, 0.29) is 17.9 Å². The summed E-state index contributed by atoms with van der Waals surface area (Å²) in [4.78, 5) is 14.4. The molecule has 34 heavy (non-hydrogen) atoms. The van der Waals surface area contributed by atoms with E-state index in [1.165, 1.54) is 0 Å². The summed E-state index contributed by atoms with van der Waals surface area (Å²) in [5, 5.41) is 0. The molecule has 1 heterocycles. The maximum absolute atomic E-state index is 12.1. The third-order valence-electron chi connectivity index (χ3n) is 6.54. The van der Waals surface area contributed by atoms with Crippen molar-refractivity contribution in [2.75, 3.05) is 32.3 Å². The Morgan fingerprint density at radius 2 is 1.50 bits per heavy atom. The van der Waals surface area contributed by atoms with Gasteiger partial charge >= 0.3 is 5.97 Å². The number of ether oxygens (including phenoxy) is 3. The smallest absolute Gasteiger partial charge is 0.307 e. The molecule has 1 fully saturated rings. The highest BCUT2D eigenvalue weighted by Gasteiger charge is 2.28. The van der Waals surface area contributed by atoms with Crippen LogP contribution in [0.3, 0.4) is 0 Å². The Bertz CT molecular complexity index is 1050. The molecule has 0 bridgehead atoms. The van der Waals surface area contributed by atoms with Crippen molar-refractivity contribution in [2.45, 2.75) is 38.1 Å². The number of benzene rings is 3. The van der Waals surface area contributed by atoms with Gasteiger partial charge in [-0.25, -0.2) is 0 Å². The van der Waals surface area contributed by atoms with Crippen LogP contribution < -0.4 is 14.4 Å². The molecule has 1 atom stereocenters. The summed E-state index contributed by atoms with van der Waals surface area (Å²) in [6.45, 7) is 3.22. The first-order chi connectivity index (χ1) is 16.7. The zero-order valence-electron chi connectivity index (χ0n) is 20.2. The van der Waals surface area contributed by atoms with Gasteiger partial charge in [0.1, 0.15) is 11.5 Å².